The first-order valence-corrected chi connectivity index (χ1v) is 3.38. The number of hydrogen-bond acceptors (Lipinski definition) is 3. The Morgan fingerprint density at radius 3 is 1.36 bits per heavy atom. The zero-order valence-electron chi connectivity index (χ0n) is 7.40. The van der Waals surface area contributed by atoms with Gasteiger partial charge in [0.25, 0.3) is 0 Å². The molecule has 76 valence electrons. The van der Waals surface area contributed by atoms with Crippen molar-refractivity contribution >= 4 is 20.4 Å². The summed E-state index contributed by atoms with van der Waals surface area (Å²) >= 11 is 0. The topological polar surface area (TPSA) is 51.2 Å². The third-order valence-electron chi connectivity index (χ3n) is 1.59. The van der Waals surface area contributed by atoms with Gasteiger partial charge in [-0.25, -0.2) is 0 Å². The second kappa shape index (κ2) is 14.4. The molecular weight excluding hydrogens is 224 g/mol. The summed E-state index contributed by atoms with van der Waals surface area (Å²) in [5.41, 5.74) is 0. The van der Waals surface area contributed by atoms with E-state index in [1.807, 2.05) is 0 Å². The molecule has 0 fully saturated rings. The van der Waals surface area contributed by atoms with E-state index in [1.54, 1.807) is 0 Å². The third kappa shape index (κ3) is 6.40. The molecule has 0 radical (unpaired) electrons. The van der Waals surface area contributed by atoms with E-state index in [0.29, 0.717) is 0 Å². The molecule has 2 aliphatic rings. The van der Waals surface area contributed by atoms with E-state index < -0.39 is 0 Å². The molecule has 14 heavy (non-hydrogen) atoms. The van der Waals surface area contributed by atoms with Crippen LogP contribution in [-0.4, -0.2) is 20.4 Å². The molecule has 0 amide bonds. The Labute approximate surface area is 94.7 Å². The molecule has 0 aromatic rings. The Morgan fingerprint density at radius 2 is 1.29 bits per heavy atom. The first-order chi connectivity index (χ1) is 6.45. The molecule has 0 atom stereocenters. The fourth-order valence-electron chi connectivity index (χ4n) is 1.16. The van der Waals surface area contributed by atoms with Gasteiger partial charge >= 0.3 is 17.1 Å². The molecule has 0 N–H and O–H groups in total. The van der Waals surface area contributed by atoms with Gasteiger partial charge in [0, 0.05) is 0 Å². The molecular formula is C10H10FeO3. The average molecular weight is 234 g/mol. The van der Waals surface area contributed by atoms with E-state index in [2.05, 4.69) is 44.7 Å². The Kier molecular flexibility index (Phi) is 19.2. The summed E-state index contributed by atoms with van der Waals surface area (Å²) in [6.45, 7) is 9.75. The molecule has 0 saturated heterocycles. The molecule has 2 rings (SSSR count). The summed E-state index contributed by atoms with van der Waals surface area (Å²) in [6.07, 6.45) is 10.2. The van der Waals surface area contributed by atoms with Crippen LogP contribution in [0.25, 0.3) is 0 Å². The Bertz CT molecular complexity index is 147. The maximum absolute atomic E-state index is 7.75. The van der Waals surface area contributed by atoms with E-state index in [-0.39, 0.29) is 17.1 Å². The van der Waals surface area contributed by atoms with Gasteiger partial charge in [-0.2, -0.15) is 30.2 Å². The van der Waals surface area contributed by atoms with Gasteiger partial charge in [-0.15, -0.1) is 5.92 Å². The molecule has 2 bridgehead atoms. The average Bonchev–Trinajstić information content (AvgIpc) is 2.90. The van der Waals surface area contributed by atoms with Crippen molar-refractivity contribution in [3.8, 4) is 0 Å². The number of rotatable bonds is 0. The van der Waals surface area contributed by atoms with Gasteiger partial charge in [0.2, 0.25) is 0 Å². The van der Waals surface area contributed by atoms with Gasteiger partial charge in [0.05, 0.1) is 0 Å². The largest absolute Gasteiger partial charge is 4.00 e. The SMILES string of the molecule is C1=CC2C=C[C-]1C2.[CH-]=O.[CH-]=O.[CH-]=O.[Fe+4]. The van der Waals surface area contributed by atoms with Gasteiger partial charge in [-0.1, -0.05) is 6.42 Å². The van der Waals surface area contributed by atoms with Crippen LogP contribution in [0.4, 0.5) is 0 Å². The molecule has 0 spiro atoms. The summed E-state index contributed by atoms with van der Waals surface area (Å²) in [5, 5.41) is 0. The fraction of sp³-hybridized carbons (Fsp3) is 0.200. The minimum absolute atomic E-state index is 0. The Balaban J connectivity index is -0.000000153. The van der Waals surface area contributed by atoms with Crippen molar-refractivity contribution in [1.82, 2.24) is 0 Å². The quantitative estimate of drug-likeness (QED) is 0.355. The van der Waals surface area contributed by atoms with Crippen LogP contribution in [0.15, 0.2) is 24.3 Å². The predicted molar refractivity (Wildman–Crippen MR) is 49.9 cm³/mol. The molecule has 2 aliphatic carbocycles. The number of hydrogen-bond donors (Lipinski definition) is 0. The smallest absolute Gasteiger partial charge is 0.545 e. The standard InChI is InChI=1S/C7H7.3CHO.Fe/c1-2-7-4-3-6(1)5-7;3*1-2;/h1-4,6H,5H2;3*1H;/q4*-1;+4. The molecule has 0 heterocycles. The number of carbonyl (C=O) groups excluding carboxylic acids is 3. The molecule has 0 aromatic carbocycles. The third-order valence-corrected chi connectivity index (χ3v) is 1.59. The van der Waals surface area contributed by atoms with Crippen molar-refractivity contribution in [3.05, 3.63) is 30.2 Å². The van der Waals surface area contributed by atoms with Crippen LogP contribution < -0.4 is 0 Å². The zero-order chi connectivity index (χ0) is 10.7. The summed E-state index contributed by atoms with van der Waals surface area (Å²) in [4.78, 5) is 23.2. The Morgan fingerprint density at radius 1 is 0.929 bits per heavy atom. The first kappa shape index (κ1) is 18.6. The van der Waals surface area contributed by atoms with Crippen LogP contribution >= 0.6 is 0 Å². The van der Waals surface area contributed by atoms with Crippen molar-refractivity contribution in [2.24, 2.45) is 5.92 Å². The predicted octanol–water partition coefficient (Wildman–Crippen LogP) is 0.882. The van der Waals surface area contributed by atoms with Gasteiger partial charge < -0.3 is 14.4 Å². The van der Waals surface area contributed by atoms with Crippen LogP contribution in [0.2, 0.25) is 0 Å². The molecule has 0 saturated carbocycles. The van der Waals surface area contributed by atoms with E-state index in [0.717, 1.165) is 5.92 Å². The van der Waals surface area contributed by atoms with Crippen molar-refractivity contribution in [1.29, 1.82) is 0 Å². The van der Waals surface area contributed by atoms with E-state index in [9.17, 15) is 0 Å². The minimum atomic E-state index is 0. The zero-order valence-corrected chi connectivity index (χ0v) is 8.51. The summed E-state index contributed by atoms with van der Waals surface area (Å²) in [5.74, 6) is 2.28. The van der Waals surface area contributed by atoms with Crippen molar-refractivity contribution in [3.63, 3.8) is 0 Å². The summed E-state index contributed by atoms with van der Waals surface area (Å²) < 4.78 is 0. The normalized spacial score (nSPS) is 13.6. The van der Waals surface area contributed by atoms with Crippen molar-refractivity contribution in [2.75, 3.05) is 0 Å². The molecule has 0 unspecified atom stereocenters. The number of fused-ring (bicyclic) bond motifs is 2. The van der Waals surface area contributed by atoms with Gasteiger partial charge in [-0.3, -0.25) is 20.4 Å². The summed E-state index contributed by atoms with van der Waals surface area (Å²) in [7, 11) is 0. The monoisotopic (exact) mass is 234 g/mol. The minimum Gasteiger partial charge on any atom is -0.545 e. The maximum atomic E-state index is 7.75. The van der Waals surface area contributed by atoms with Gasteiger partial charge in [0.1, 0.15) is 0 Å². The second-order valence-electron chi connectivity index (χ2n) is 2.16. The van der Waals surface area contributed by atoms with Gasteiger partial charge in [-0.05, 0) is 0 Å². The van der Waals surface area contributed by atoms with Crippen LogP contribution in [0.1, 0.15) is 6.42 Å². The molecule has 3 nitrogen and oxygen atoms in total. The van der Waals surface area contributed by atoms with E-state index in [1.165, 1.54) is 12.3 Å². The van der Waals surface area contributed by atoms with Crippen LogP contribution in [0.3, 0.4) is 0 Å². The second-order valence-corrected chi connectivity index (χ2v) is 2.16. The fourth-order valence-corrected chi connectivity index (χ4v) is 1.16. The van der Waals surface area contributed by atoms with Gasteiger partial charge in [0.15, 0.2) is 0 Å². The molecule has 0 aromatic heterocycles. The first-order valence-electron chi connectivity index (χ1n) is 3.38. The van der Waals surface area contributed by atoms with E-state index >= 15 is 0 Å². The molecule has 0 aliphatic heterocycles. The maximum Gasteiger partial charge on any atom is 4.00 e. The van der Waals surface area contributed by atoms with Crippen LogP contribution in [0.5, 0.6) is 0 Å². The van der Waals surface area contributed by atoms with Crippen molar-refractivity contribution in [2.45, 2.75) is 6.42 Å². The summed E-state index contributed by atoms with van der Waals surface area (Å²) in [6, 6.07) is 0. The molecule has 4 heteroatoms. The van der Waals surface area contributed by atoms with Crippen molar-refractivity contribution < 1.29 is 31.5 Å². The van der Waals surface area contributed by atoms with Crippen LogP contribution in [-0.2, 0) is 31.5 Å². The van der Waals surface area contributed by atoms with Crippen LogP contribution in [0, 0.1) is 11.8 Å². The number of allylic oxidation sites excluding steroid dienone is 4. The van der Waals surface area contributed by atoms with E-state index in [4.69, 9.17) is 14.4 Å². The Hall–Kier alpha value is -1.12.